The number of guanidine groups is 1. The van der Waals surface area contributed by atoms with E-state index in [9.17, 15) is 0 Å². The molecule has 146 valence electrons. The van der Waals surface area contributed by atoms with Gasteiger partial charge in [-0.1, -0.05) is 19.8 Å². The number of rotatable bonds is 6. The number of hydrogen-bond donors (Lipinski definition) is 2. The van der Waals surface area contributed by atoms with Crippen LogP contribution in [0, 0.1) is 11.3 Å². The fraction of sp³-hybridized carbons (Fsp3) is 0.750. The smallest absolute Gasteiger partial charge is 0.191 e. The Morgan fingerprint density at radius 1 is 1.35 bits per heavy atom. The van der Waals surface area contributed by atoms with Gasteiger partial charge in [0.1, 0.15) is 5.76 Å². The van der Waals surface area contributed by atoms with E-state index in [1.165, 1.54) is 32.1 Å². The first-order valence-electron chi connectivity index (χ1n) is 10.0. The molecule has 1 aromatic heterocycles. The van der Waals surface area contributed by atoms with Gasteiger partial charge in [0, 0.05) is 43.5 Å². The predicted molar refractivity (Wildman–Crippen MR) is 114 cm³/mol. The topological polar surface area (TPSA) is 58.8 Å². The highest BCUT2D eigenvalue weighted by molar-refractivity contribution is 14.0. The Balaban J connectivity index is 0.00000196. The van der Waals surface area contributed by atoms with Crippen molar-refractivity contribution in [1.82, 2.24) is 10.6 Å². The maximum absolute atomic E-state index is 6.10. The molecular formula is C20H32IN3O2. The zero-order chi connectivity index (χ0) is 17.1. The lowest BCUT2D eigenvalue weighted by Gasteiger charge is -2.57. The van der Waals surface area contributed by atoms with Gasteiger partial charge >= 0.3 is 0 Å². The summed E-state index contributed by atoms with van der Waals surface area (Å²) in [5.41, 5.74) is 0.358. The molecule has 1 spiro atoms. The van der Waals surface area contributed by atoms with Gasteiger partial charge < -0.3 is 19.8 Å². The van der Waals surface area contributed by atoms with Crippen LogP contribution < -0.4 is 10.6 Å². The summed E-state index contributed by atoms with van der Waals surface area (Å²) in [6.07, 6.45) is 10.7. The third-order valence-corrected chi connectivity index (χ3v) is 6.32. The van der Waals surface area contributed by atoms with E-state index in [0.29, 0.717) is 23.5 Å². The molecule has 6 heteroatoms. The van der Waals surface area contributed by atoms with Gasteiger partial charge in [-0.2, -0.15) is 0 Å². The highest BCUT2D eigenvalue weighted by atomic mass is 127. The fourth-order valence-electron chi connectivity index (χ4n) is 5.19. The Hall–Kier alpha value is -0.760. The average molecular weight is 473 g/mol. The van der Waals surface area contributed by atoms with Crippen LogP contribution in [0.5, 0.6) is 0 Å². The molecule has 0 amide bonds. The van der Waals surface area contributed by atoms with E-state index in [1.807, 2.05) is 12.1 Å². The second-order valence-electron chi connectivity index (χ2n) is 7.79. The van der Waals surface area contributed by atoms with E-state index in [-0.39, 0.29) is 24.0 Å². The van der Waals surface area contributed by atoms with Gasteiger partial charge in [0.05, 0.1) is 12.4 Å². The number of fused-ring (bicyclic) bond motifs is 2. The molecule has 2 aliphatic carbocycles. The van der Waals surface area contributed by atoms with Gasteiger partial charge in [0.25, 0.3) is 0 Å². The molecule has 2 saturated carbocycles. The summed E-state index contributed by atoms with van der Waals surface area (Å²) in [7, 11) is 0. The Morgan fingerprint density at radius 3 is 2.92 bits per heavy atom. The van der Waals surface area contributed by atoms with Crippen molar-refractivity contribution < 1.29 is 9.15 Å². The minimum absolute atomic E-state index is 0. The third-order valence-electron chi connectivity index (χ3n) is 6.32. The Bertz CT molecular complexity index is 584. The lowest BCUT2D eigenvalue weighted by atomic mass is 9.54. The van der Waals surface area contributed by atoms with Gasteiger partial charge in [-0.3, -0.25) is 4.99 Å². The third kappa shape index (κ3) is 3.77. The number of halogens is 1. The number of nitrogens with one attached hydrogen (secondary N) is 2. The molecule has 2 N–H and O–H groups in total. The molecule has 5 nitrogen and oxygen atoms in total. The van der Waals surface area contributed by atoms with Crippen LogP contribution in [0.4, 0.5) is 0 Å². The molecule has 2 heterocycles. The van der Waals surface area contributed by atoms with Crippen molar-refractivity contribution >= 4 is 29.9 Å². The van der Waals surface area contributed by atoms with Crippen molar-refractivity contribution in [2.24, 2.45) is 16.3 Å². The minimum Gasteiger partial charge on any atom is -0.469 e. The summed E-state index contributed by atoms with van der Waals surface area (Å²) >= 11 is 0. The van der Waals surface area contributed by atoms with Gasteiger partial charge in [0.2, 0.25) is 0 Å². The van der Waals surface area contributed by atoms with Crippen molar-refractivity contribution in [3.63, 3.8) is 0 Å². The molecule has 0 bridgehead atoms. The highest BCUT2D eigenvalue weighted by Gasteiger charge is 2.65. The monoisotopic (exact) mass is 473 g/mol. The molecular weight excluding hydrogens is 441 g/mol. The van der Waals surface area contributed by atoms with Crippen molar-refractivity contribution in [2.45, 2.75) is 64.0 Å². The van der Waals surface area contributed by atoms with E-state index in [2.05, 4.69) is 17.6 Å². The quantitative estimate of drug-likeness (QED) is 0.376. The van der Waals surface area contributed by atoms with Crippen LogP contribution in [-0.2, 0) is 11.2 Å². The normalized spacial score (nSPS) is 29.1. The van der Waals surface area contributed by atoms with Crippen LogP contribution in [0.3, 0.4) is 0 Å². The highest BCUT2D eigenvalue weighted by Crippen LogP contribution is 2.60. The maximum atomic E-state index is 6.10. The summed E-state index contributed by atoms with van der Waals surface area (Å²) in [5, 5.41) is 7.32. The van der Waals surface area contributed by atoms with Crippen molar-refractivity contribution in [1.29, 1.82) is 0 Å². The summed E-state index contributed by atoms with van der Waals surface area (Å²) in [5.74, 6) is 2.65. The second-order valence-corrected chi connectivity index (χ2v) is 7.79. The summed E-state index contributed by atoms with van der Waals surface area (Å²) < 4.78 is 11.5. The predicted octanol–water partition coefficient (Wildman–Crippen LogP) is 3.73. The Morgan fingerprint density at radius 2 is 2.19 bits per heavy atom. The standard InChI is InChI=1S/C20H31N3O2.HI/c1-2-11-21-19(22-12-7-15-6-5-13-24-15)23-17-16-8-14-25-18(16)20(17)9-3-4-10-20;/h5-6,13,16-18H,2-4,7-12,14H2,1H3,(H2,21,22,23);1H. The first-order valence-corrected chi connectivity index (χ1v) is 10.0. The second kappa shape index (κ2) is 8.95. The summed E-state index contributed by atoms with van der Waals surface area (Å²) in [4.78, 5) is 4.77. The fourth-order valence-corrected chi connectivity index (χ4v) is 5.19. The molecule has 0 radical (unpaired) electrons. The van der Waals surface area contributed by atoms with Crippen molar-refractivity contribution in [3.05, 3.63) is 24.2 Å². The summed E-state index contributed by atoms with van der Waals surface area (Å²) in [6, 6.07) is 4.49. The number of hydrogen-bond acceptors (Lipinski definition) is 3. The number of furan rings is 1. The van der Waals surface area contributed by atoms with Gasteiger partial charge in [-0.25, -0.2) is 0 Å². The van der Waals surface area contributed by atoms with Crippen molar-refractivity contribution in [3.8, 4) is 0 Å². The van der Waals surface area contributed by atoms with Crippen LogP contribution in [0.1, 0.15) is 51.2 Å². The molecule has 3 unspecified atom stereocenters. The molecule has 1 aromatic rings. The van der Waals surface area contributed by atoms with E-state index in [4.69, 9.17) is 14.1 Å². The van der Waals surface area contributed by atoms with Crippen LogP contribution in [0.25, 0.3) is 0 Å². The van der Waals surface area contributed by atoms with E-state index >= 15 is 0 Å². The van der Waals surface area contributed by atoms with Crippen LogP contribution in [0.2, 0.25) is 0 Å². The zero-order valence-electron chi connectivity index (χ0n) is 15.7. The van der Waals surface area contributed by atoms with Gasteiger partial charge in [-0.15, -0.1) is 24.0 Å². The van der Waals surface area contributed by atoms with Crippen LogP contribution in [-0.4, -0.2) is 37.8 Å². The lowest BCUT2D eigenvalue weighted by molar-refractivity contribution is -0.125. The average Bonchev–Trinajstić information content (AvgIpc) is 3.37. The largest absolute Gasteiger partial charge is 0.469 e. The Labute approximate surface area is 173 Å². The number of aliphatic imine (C=N–C) groups is 1. The van der Waals surface area contributed by atoms with E-state index in [1.54, 1.807) is 6.26 Å². The summed E-state index contributed by atoms with van der Waals surface area (Å²) in [6.45, 7) is 4.81. The van der Waals surface area contributed by atoms with E-state index in [0.717, 1.165) is 44.3 Å². The minimum atomic E-state index is 0. The molecule has 0 aromatic carbocycles. The van der Waals surface area contributed by atoms with Gasteiger partial charge in [-0.05, 0) is 37.8 Å². The maximum Gasteiger partial charge on any atom is 0.191 e. The molecule has 3 aliphatic rings. The zero-order valence-corrected chi connectivity index (χ0v) is 18.0. The first kappa shape index (κ1) is 20.0. The molecule has 3 fully saturated rings. The van der Waals surface area contributed by atoms with Crippen molar-refractivity contribution in [2.75, 3.05) is 19.7 Å². The van der Waals surface area contributed by atoms with Gasteiger partial charge in [0.15, 0.2) is 5.96 Å². The molecule has 26 heavy (non-hydrogen) atoms. The first-order chi connectivity index (χ1) is 12.3. The molecule has 3 atom stereocenters. The molecule has 1 aliphatic heterocycles. The Kier molecular flexibility index (Phi) is 6.88. The lowest BCUT2D eigenvalue weighted by Crippen LogP contribution is -2.69. The van der Waals surface area contributed by atoms with E-state index < -0.39 is 0 Å². The molecule has 4 rings (SSSR count). The molecule has 1 saturated heterocycles. The van der Waals surface area contributed by atoms with Crippen LogP contribution >= 0.6 is 24.0 Å². The SMILES string of the molecule is CCCN=C(NCCc1ccco1)NC1C2CCOC2C12CCCC2.I. The van der Waals surface area contributed by atoms with Crippen LogP contribution in [0.15, 0.2) is 27.8 Å². The number of nitrogens with zero attached hydrogens (tertiary/aromatic N) is 1. The number of ether oxygens (including phenoxy) is 1.